The van der Waals surface area contributed by atoms with Gasteiger partial charge in [0.25, 0.3) is 11.8 Å². The number of carbonyl (C=O) groups excluding carboxylic acids is 3. The van der Waals surface area contributed by atoms with Crippen LogP contribution in [0, 0.1) is 0 Å². The van der Waals surface area contributed by atoms with Gasteiger partial charge < -0.3 is 11.1 Å². The molecule has 9 nitrogen and oxygen atoms in total. The highest BCUT2D eigenvalue weighted by Crippen LogP contribution is 2.26. The molecule has 2 amide bonds. The molecule has 0 aliphatic carbocycles. The second kappa shape index (κ2) is 8.21. The van der Waals surface area contributed by atoms with Gasteiger partial charge in [-0.25, -0.2) is 9.67 Å². The van der Waals surface area contributed by atoms with Crippen molar-refractivity contribution >= 4 is 39.0 Å². The highest BCUT2D eigenvalue weighted by Gasteiger charge is 2.28. The Hall–Kier alpha value is -3.92. The van der Waals surface area contributed by atoms with Crippen molar-refractivity contribution in [2.24, 2.45) is 5.73 Å². The average Bonchev–Trinajstić information content (AvgIpc) is 3.41. The molecule has 4 heterocycles. The van der Waals surface area contributed by atoms with Gasteiger partial charge >= 0.3 is 0 Å². The predicted molar refractivity (Wildman–Crippen MR) is 110 cm³/mol. The van der Waals surface area contributed by atoms with E-state index in [9.17, 15) is 14.4 Å². The first-order valence-electron chi connectivity index (χ1n) is 8.94. The lowest BCUT2D eigenvalue weighted by Crippen LogP contribution is -2.47. The Morgan fingerprint density at radius 3 is 2.77 bits per heavy atom. The molecule has 0 aliphatic heterocycles. The van der Waals surface area contributed by atoms with Gasteiger partial charge in [-0.2, -0.15) is 5.10 Å². The van der Waals surface area contributed by atoms with E-state index in [2.05, 4.69) is 20.4 Å². The molecule has 0 fully saturated rings. The predicted octanol–water partition coefficient (Wildman–Crippen LogP) is 1.27. The van der Waals surface area contributed by atoms with Gasteiger partial charge in [0.15, 0.2) is 5.82 Å². The minimum Gasteiger partial charge on any atom is -0.363 e. The summed E-state index contributed by atoms with van der Waals surface area (Å²) in [4.78, 5) is 45.2. The number of primary amides is 1. The van der Waals surface area contributed by atoms with Crippen molar-refractivity contribution in [3.05, 3.63) is 71.8 Å². The third-order valence-corrected chi connectivity index (χ3v) is 5.47. The van der Waals surface area contributed by atoms with Crippen LogP contribution >= 0.6 is 11.3 Å². The molecule has 1 atom stereocenters. The molecule has 0 aromatic carbocycles. The summed E-state index contributed by atoms with van der Waals surface area (Å²) >= 11 is 1.47. The topological polar surface area (TPSA) is 133 Å². The highest BCUT2D eigenvalue weighted by atomic mass is 32.1. The van der Waals surface area contributed by atoms with Crippen molar-refractivity contribution in [2.45, 2.75) is 12.5 Å². The Morgan fingerprint density at radius 1 is 1.13 bits per heavy atom. The molecule has 0 aliphatic rings. The molecule has 0 radical (unpaired) electrons. The zero-order chi connectivity index (χ0) is 21.1. The maximum Gasteiger partial charge on any atom is 0.287 e. The summed E-state index contributed by atoms with van der Waals surface area (Å²) in [5.74, 6) is -2.11. The molecule has 0 saturated heterocycles. The molecule has 4 rings (SSSR count). The van der Waals surface area contributed by atoms with Crippen molar-refractivity contribution < 1.29 is 14.4 Å². The summed E-state index contributed by atoms with van der Waals surface area (Å²) < 4.78 is 2.30. The van der Waals surface area contributed by atoms with E-state index in [-0.39, 0.29) is 12.1 Å². The maximum atomic E-state index is 12.9. The van der Waals surface area contributed by atoms with Crippen LogP contribution in [0.4, 0.5) is 0 Å². The molecule has 150 valence electrons. The molecule has 1 unspecified atom stereocenters. The zero-order valence-corrected chi connectivity index (χ0v) is 16.4. The van der Waals surface area contributed by atoms with Crippen molar-refractivity contribution in [2.75, 3.05) is 0 Å². The van der Waals surface area contributed by atoms with Gasteiger partial charge in [-0.1, -0.05) is 6.07 Å². The van der Waals surface area contributed by atoms with Crippen LogP contribution in [0.5, 0.6) is 0 Å². The van der Waals surface area contributed by atoms with Crippen LogP contribution in [0.2, 0.25) is 0 Å². The molecule has 0 spiro atoms. The van der Waals surface area contributed by atoms with E-state index in [1.807, 2.05) is 11.4 Å². The summed E-state index contributed by atoms with van der Waals surface area (Å²) in [6, 6.07) is 7.41. The number of hydrogen-bond acceptors (Lipinski definition) is 7. The van der Waals surface area contributed by atoms with Crippen LogP contribution < -0.4 is 11.1 Å². The van der Waals surface area contributed by atoms with Gasteiger partial charge in [0.1, 0.15) is 11.7 Å². The first kappa shape index (κ1) is 19.4. The highest BCUT2D eigenvalue weighted by molar-refractivity contribution is 7.17. The lowest BCUT2D eigenvalue weighted by molar-refractivity contribution is -0.137. The molecule has 0 bridgehead atoms. The van der Waals surface area contributed by atoms with E-state index in [0.29, 0.717) is 5.82 Å². The number of hydrogen-bond donors (Lipinski definition) is 2. The number of thiophene rings is 1. The Kier molecular flexibility index (Phi) is 5.31. The Balaban J connectivity index is 1.62. The van der Waals surface area contributed by atoms with Gasteiger partial charge in [0.2, 0.25) is 5.78 Å². The van der Waals surface area contributed by atoms with E-state index in [0.717, 1.165) is 15.6 Å². The van der Waals surface area contributed by atoms with Gasteiger partial charge in [-0.05, 0) is 40.6 Å². The van der Waals surface area contributed by atoms with Crippen LogP contribution in [0.3, 0.4) is 0 Å². The lowest BCUT2D eigenvalue weighted by atomic mass is 10.0. The number of fused-ring (bicyclic) bond motifs is 1. The fourth-order valence-electron chi connectivity index (χ4n) is 3.07. The largest absolute Gasteiger partial charge is 0.363 e. The second-order valence-corrected chi connectivity index (χ2v) is 7.32. The summed E-state index contributed by atoms with van der Waals surface area (Å²) in [5.41, 5.74) is 6.21. The molecular weight excluding hydrogens is 404 g/mol. The summed E-state index contributed by atoms with van der Waals surface area (Å²) in [6.07, 6.45) is 6.52. The molecule has 3 N–H and O–H groups in total. The van der Waals surface area contributed by atoms with E-state index in [4.69, 9.17) is 5.73 Å². The SMILES string of the molecule is NC(=O)C(=O)C(Cc1csc2cnccc12)NC(=O)c1ccnn1-c1ccccn1. The number of aromatic nitrogens is 4. The lowest BCUT2D eigenvalue weighted by Gasteiger charge is -2.16. The van der Waals surface area contributed by atoms with Crippen LogP contribution in [0.1, 0.15) is 16.1 Å². The second-order valence-electron chi connectivity index (χ2n) is 6.41. The van der Waals surface area contributed by atoms with Crippen molar-refractivity contribution in [1.82, 2.24) is 25.1 Å². The van der Waals surface area contributed by atoms with E-state index in [1.54, 1.807) is 36.8 Å². The van der Waals surface area contributed by atoms with Gasteiger partial charge in [-0.3, -0.25) is 19.4 Å². The third kappa shape index (κ3) is 3.80. The normalized spacial score (nSPS) is 11.9. The molecule has 4 aromatic rings. The standard InChI is InChI=1S/C20H16N6O3S/c21-19(28)18(27)14(9-12-11-30-16-10-22-7-4-13(12)16)25-20(29)15-5-8-24-26(15)17-3-1-2-6-23-17/h1-8,10-11,14H,9H2,(H2,21,28)(H,25,29). The number of amides is 2. The summed E-state index contributed by atoms with van der Waals surface area (Å²) in [6.45, 7) is 0. The monoisotopic (exact) mass is 420 g/mol. The summed E-state index contributed by atoms with van der Waals surface area (Å²) in [5, 5.41) is 9.53. The molecule has 10 heteroatoms. The fraction of sp³-hybridized carbons (Fsp3) is 0.100. The third-order valence-electron chi connectivity index (χ3n) is 4.49. The van der Waals surface area contributed by atoms with Crippen molar-refractivity contribution in [3.8, 4) is 5.82 Å². The van der Waals surface area contributed by atoms with Gasteiger partial charge in [0.05, 0.1) is 10.9 Å². The minimum absolute atomic E-state index is 0.120. The van der Waals surface area contributed by atoms with E-state index < -0.39 is 23.6 Å². The fourth-order valence-corrected chi connectivity index (χ4v) is 4.01. The van der Waals surface area contributed by atoms with E-state index >= 15 is 0 Å². The molecular formula is C20H16N6O3S. The van der Waals surface area contributed by atoms with Gasteiger partial charge in [-0.15, -0.1) is 11.3 Å². The van der Waals surface area contributed by atoms with Crippen LogP contribution in [0.25, 0.3) is 15.9 Å². The Bertz CT molecular complexity index is 1230. The number of pyridine rings is 2. The first-order valence-corrected chi connectivity index (χ1v) is 9.82. The first-order chi connectivity index (χ1) is 14.5. The van der Waals surface area contributed by atoms with Gasteiger partial charge in [0, 0.05) is 25.0 Å². The Morgan fingerprint density at radius 2 is 2.00 bits per heavy atom. The smallest absolute Gasteiger partial charge is 0.287 e. The average molecular weight is 420 g/mol. The minimum atomic E-state index is -1.12. The number of nitrogens with two attached hydrogens (primary N) is 1. The van der Waals surface area contributed by atoms with Crippen LogP contribution in [-0.2, 0) is 16.0 Å². The molecule has 0 saturated carbocycles. The Labute approximate surface area is 174 Å². The molecule has 4 aromatic heterocycles. The number of nitrogens with zero attached hydrogens (tertiary/aromatic N) is 4. The quantitative estimate of drug-likeness (QED) is 0.433. The van der Waals surface area contributed by atoms with Crippen molar-refractivity contribution in [1.29, 1.82) is 0 Å². The summed E-state index contributed by atoms with van der Waals surface area (Å²) in [7, 11) is 0. The van der Waals surface area contributed by atoms with Crippen molar-refractivity contribution in [3.63, 3.8) is 0 Å². The maximum absolute atomic E-state index is 12.9. The number of nitrogens with one attached hydrogen (secondary N) is 1. The number of rotatable bonds is 7. The van der Waals surface area contributed by atoms with Crippen LogP contribution in [0.15, 0.2) is 60.5 Å². The number of ketones is 1. The van der Waals surface area contributed by atoms with Crippen LogP contribution in [-0.4, -0.2) is 43.4 Å². The number of Topliss-reactive ketones (excluding diaryl/α,β-unsaturated/α-hetero) is 1. The van der Waals surface area contributed by atoms with E-state index in [1.165, 1.54) is 28.3 Å². The zero-order valence-electron chi connectivity index (χ0n) is 15.6. The number of carbonyl (C=O) groups is 3. The molecule has 30 heavy (non-hydrogen) atoms.